The highest BCUT2D eigenvalue weighted by molar-refractivity contribution is 5.96. The zero-order chi connectivity index (χ0) is 15.2. The van der Waals surface area contributed by atoms with Gasteiger partial charge in [-0.25, -0.2) is 4.79 Å². The lowest BCUT2D eigenvalue weighted by Crippen LogP contribution is -2.44. The number of anilines is 2. The van der Waals surface area contributed by atoms with Crippen LogP contribution in [0.1, 0.15) is 6.92 Å². The van der Waals surface area contributed by atoms with Gasteiger partial charge >= 0.3 is 6.03 Å². The van der Waals surface area contributed by atoms with Crippen LogP contribution in [0, 0.1) is 0 Å². The van der Waals surface area contributed by atoms with Gasteiger partial charge in [0, 0.05) is 24.5 Å². The van der Waals surface area contributed by atoms with Crippen molar-refractivity contribution in [3.05, 3.63) is 24.3 Å². The number of hydrogen-bond acceptors (Lipinski definition) is 4. The van der Waals surface area contributed by atoms with Gasteiger partial charge in [-0.05, 0) is 31.2 Å². The summed E-state index contributed by atoms with van der Waals surface area (Å²) >= 11 is 0. The molecule has 1 aromatic carbocycles. The smallest absolute Gasteiger partial charge is 0.312 e. The van der Waals surface area contributed by atoms with E-state index in [4.69, 9.17) is 10.5 Å². The predicted octanol–water partition coefficient (Wildman–Crippen LogP) is 0.518. The third-order valence-electron chi connectivity index (χ3n) is 3.26. The first-order valence-corrected chi connectivity index (χ1v) is 6.86. The van der Waals surface area contributed by atoms with Crippen LogP contribution in [0.3, 0.4) is 0 Å². The summed E-state index contributed by atoms with van der Waals surface area (Å²) in [4.78, 5) is 24.8. The van der Waals surface area contributed by atoms with Gasteiger partial charge in [-0.1, -0.05) is 0 Å². The number of nitrogens with two attached hydrogens (primary N) is 1. The van der Waals surface area contributed by atoms with E-state index in [9.17, 15) is 9.59 Å². The van der Waals surface area contributed by atoms with E-state index in [1.807, 2.05) is 24.3 Å². The minimum atomic E-state index is -0.722. The Bertz CT molecular complexity index is 497. The van der Waals surface area contributed by atoms with Crippen LogP contribution < -0.4 is 21.3 Å². The molecule has 1 atom stereocenters. The lowest BCUT2D eigenvalue weighted by Gasteiger charge is -2.28. The lowest BCUT2D eigenvalue weighted by molar-refractivity contribution is -0.117. The first-order chi connectivity index (χ1) is 10.1. The number of hydrogen-bond donors (Lipinski definition) is 3. The van der Waals surface area contributed by atoms with Crippen molar-refractivity contribution in [3.8, 4) is 0 Å². The fraction of sp³-hybridized carbons (Fsp3) is 0.429. The zero-order valence-electron chi connectivity index (χ0n) is 12.0. The van der Waals surface area contributed by atoms with Gasteiger partial charge in [-0.3, -0.25) is 4.79 Å². The van der Waals surface area contributed by atoms with E-state index in [-0.39, 0.29) is 5.91 Å². The number of primary amides is 1. The summed E-state index contributed by atoms with van der Waals surface area (Å²) in [6.07, 6.45) is 0. The van der Waals surface area contributed by atoms with Crippen molar-refractivity contribution in [2.45, 2.75) is 13.0 Å². The van der Waals surface area contributed by atoms with Gasteiger partial charge < -0.3 is 26.0 Å². The summed E-state index contributed by atoms with van der Waals surface area (Å²) in [6.45, 7) is 4.77. The summed E-state index contributed by atoms with van der Waals surface area (Å²) < 4.78 is 5.31. The van der Waals surface area contributed by atoms with Crippen LogP contribution >= 0.6 is 0 Å². The number of carbonyl (C=O) groups is 2. The zero-order valence-corrected chi connectivity index (χ0v) is 12.0. The molecule has 4 N–H and O–H groups in total. The molecule has 0 spiro atoms. The Morgan fingerprint density at radius 1 is 1.24 bits per heavy atom. The summed E-state index contributed by atoms with van der Waals surface area (Å²) in [6, 6.07) is 6.17. The number of nitrogens with zero attached hydrogens (tertiary/aromatic N) is 1. The van der Waals surface area contributed by atoms with E-state index in [1.165, 1.54) is 0 Å². The SMILES string of the molecule is CC(NC(N)=O)C(=O)Nc1ccc(N2CCOCC2)cc1. The maximum absolute atomic E-state index is 11.8. The van der Waals surface area contributed by atoms with E-state index in [0.29, 0.717) is 5.69 Å². The highest BCUT2D eigenvalue weighted by Crippen LogP contribution is 2.19. The van der Waals surface area contributed by atoms with E-state index >= 15 is 0 Å². The molecule has 0 bridgehead atoms. The maximum atomic E-state index is 11.8. The largest absolute Gasteiger partial charge is 0.378 e. The van der Waals surface area contributed by atoms with Crippen molar-refractivity contribution in [1.82, 2.24) is 5.32 Å². The standard InChI is InChI=1S/C14H20N4O3/c1-10(16-14(15)20)13(19)17-11-2-4-12(5-3-11)18-6-8-21-9-7-18/h2-5,10H,6-9H2,1H3,(H,17,19)(H3,15,16,20). The van der Waals surface area contributed by atoms with Crippen LogP contribution in [0.25, 0.3) is 0 Å². The first-order valence-electron chi connectivity index (χ1n) is 6.86. The fourth-order valence-electron chi connectivity index (χ4n) is 2.11. The molecule has 1 saturated heterocycles. The van der Waals surface area contributed by atoms with Gasteiger partial charge in [0.2, 0.25) is 5.91 Å². The summed E-state index contributed by atoms with van der Waals surface area (Å²) in [5.41, 5.74) is 6.75. The van der Waals surface area contributed by atoms with Crippen LogP contribution in [0.4, 0.5) is 16.2 Å². The Morgan fingerprint density at radius 3 is 2.43 bits per heavy atom. The van der Waals surface area contributed by atoms with Gasteiger partial charge in [-0.2, -0.15) is 0 Å². The van der Waals surface area contributed by atoms with Crippen molar-refractivity contribution in [2.24, 2.45) is 5.73 Å². The van der Waals surface area contributed by atoms with Crippen molar-refractivity contribution >= 4 is 23.3 Å². The van der Waals surface area contributed by atoms with Crippen LogP contribution in [0.15, 0.2) is 24.3 Å². The molecule has 114 valence electrons. The monoisotopic (exact) mass is 292 g/mol. The Balaban J connectivity index is 1.92. The number of benzene rings is 1. The van der Waals surface area contributed by atoms with Crippen molar-refractivity contribution in [1.29, 1.82) is 0 Å². The third kappa shape index (κ3) is 4.35. The third-order valence-corrected chi connectivity index (χ3v) is 3.26. The van der Waals surface area contributed by atoms with Crippen LogP contribution in [0.5, 0.6) is 0 Å². The first kappa shape index (κ1) is 15.1. The number of ether oxygens (including phenoxy) is 1. The van der Waals surface area contributed by atoms with Gasteiger partial charge in [0.15, 0.2) is 0 Å². The number of nitrogens with one attached hydrogen (secondary N) is 2. The molecule has 1 aromatic rings. The molecule has 21 heavy (non-hydrogen) atoms. The van der Waals surface area contributed by atoms with Gasteiger partial charge in [0.25, 0.3) is 0 Å². The maximum Gasteiger partial charge on any atom is 0.312 e. The molecule has 7 nitrogen and oxygen atoms in total. The number of morpholine rings is 1. The Morgan fingerprint density at radius 2 is 1.86 bits per heavy atom. The molecule has 3 amide bonds. The second-order valence-corrected chi connectivity index (χ2v) is 4.87. The quantitative estimate of drug-likeness (QED) is 0.753. The van der Waals surface area contributed by atoms with Gasteiger partial charge in [0.05, 0.1) is 13.2 Å². The molecule has 0 aliphatic carbocycles. The molecule has 1 unspecified atom stereocenters. The van der Waals surface area contributed by atoms with Crippen LogP contribution in [-0.4, -0.2) is 44.3 Å². The van der Waals surface area contributed by atoms with E-state index in [1.54, 1.807) is 6.92 Å². The summed E-state index contributed by atoms with van der Waals surface area (Å²) in [5, 5.41) is 5.06. The Hall–Kier alpha value is -2.28. The highest BCUT2D eigenvalue weighted by atomic mass is 16.5. The van der Waals surface area contributed by atoms with Crippen LogP contribution in [0.2, 0.25) is 0 Å². The molecule has 1 heterocycles. The molecule has 0 radical (unpaired) electrons. The second-order valence-electron chi connectivity index (χ2n) is 4.87. The highest BCUT2D eigenvalue weighted by Gasteiger charge is 2.15. The molecule has 7 heteroatoms. The predicted molar refractivity (Wildman–Crippen MR) is 80.3 cm³/mol. The number of carbonyl (C=O) groups excluding carboxylic acids is 2. The molecule has 1 fully saturated rings. The number of rotatable bonds is 4. The molecular weight excluding hydrogens is 272 g/mol. The second kappa shape index (κ2) is 6.94. The van der Waals surface area contributed by atoms with E-state index in [2.05, 4.69) is 15.5 Å². The molecule has 1 aliphatic rings. The van der Waals surface area contributed by atoms with Gasteiger partial charge in [-0.15, -0.1) is 0 Å². The number of urea groups is 1. The Labute approximate surface area is 123 Å². The van der Waals surface area contributed by atoms with Gasteiger partial charge in [0.1, 0.15) is 6.04 Å². The van der Waals surface area contributed by atoms with Crippen molar-refractivity contribution in [3.63, 3.8) is 0 Å². The number of amides is 3. The van der Waals surface area contributed by atoms with Crippen molar-refractivity contribution < 1.29 is 14.3 Å². The lowest BCUT2D eigenvalue weighted by atomic mass is 10.2. The minimum Gasteiger partial charge on any atom is -0.378 e. The average molecular weight is 292 g/mol. The molecule has 0 aromatic heterocycles. The minimum absolute atomic E-state index is 0.312. The molecule has 2 rings (SSSR count). The molecule has 0 saturated carbocycles. The average Bonchev–Trinajstić information content (AvgIpc) is 2.48. The summed E-state index contributed by atoms with van der Waals surface area (Å²) in [7, 11) is 0. The Kier molecular flexibility index (Phi) is 4.99. The normalized spacial score (nSPS) is 16.1. The fourth-order valence-corrected chi connectivity index (χ4v) is 2.11. The van der Waals surface area contributed by atoms with Crippen molar-refractivity contribution in [2.75, 3.05) is 36.5 Å². The van der Waals surface area contributed by atoms with E-state index < -0.39 is 12.1 Å². The topological polar surface area (TPSA) is 96.7 Å². The van der Waals surface area contributed by atoms with Crippen LogP contribution in [-0.2, 0) is 9.53 Å². The summed E-state index contributed by atoms with van der Waals surface area (Å²) in [5.74, 6) is -0.312. The molecular formula is C14H20N4O3. The molecule has 1 aliphatic heterocycles. The van der Waals surface area contributed by atoms with E-state index in [0.717, 1.165) is 32.0 Å².